The number of imidazole rings is 1. The van der Waals surface area contributed by atoms with E-state index in [-0.39, 0.29) is 5.91 Å². The molecule has 6 nitrogen and oxygen atoms in total. The molecule has 76 valence electrons. The minimum absolute atomic E-state index is 0.251. The smallest absolute Gasteiger partial charge is 0.287 e. The van der Waals surface area contributed by atoms with Crippen LogP contribution in [0.5, 0.6) is 0 Å². The third-order valence-electron chi connectivity index (χ3n) is 1.79. The largest absolute Gasteiger partial charge is 0.344 e. The normalized spacial score (nSPS) is 9.87. The third kappa shape index (κ3) is 2.37. The van der Waals surface area contributed by atoms with E-state index >= 15 is 0 Å². The summed E-state index contributed by atoms with van der Waals surface area (Å²) < 4.78 is 0. The highest BCUT2D eigenvalue weighted by molar-refractivity contribution is 5.90. The van der Waals surface area contributed by atoms with Crippen LogP contribution in [-0.2, 0) is 6.54 Å². The summed E-state index contributed by atoms with van der Waals surface area (Å²) in [6.45, 7) is 0.363. The van der Waals surface area contributed by atoms with Crippen LogP contribution in [0.3, 0.4) is 0 Å². The molecule has 0 bridgehead atoms. The Hall–Kier alpha value is -2.24. The summed E-state index contributed by atoms with van der Waals surface area (Å²) in [4.78, 5) is 25.7. The van der Waals surface area contributed by atoms with Gasteiger partial charge >= 0.3 is 0 Å². The van der Waals surface area contributed by atoms with Gasteiger partial charge in [0.2, 0.25) is 0 Å². The lowest BCUT2D eigenvalue weighted by Gasteiger charge is -2.01. The highest BCUT2D eigenvalue weighted by Crippen LogP contribution is 1.92. The lowest BCUT2D eigenvalue weighted by Crippen LogP contribution is -2.24. The number of H-pyrrole nitrogens is 1. The van der Waals surface area contributed by atoms with Gasteiger partial charge in [-0.2, -0.15) is 0 Å². The molecule has 0 aliphatic heterocycles. The van der Waals surface area contributed by atoms with Gasteiger partial charge in [-0.1, -0.05) is 0 Å². The van der Waals surface area contributed by atoms with E-state index in [4.69, 9.17) is 0 Å². The predicted octanol–water partition coefficient (Wildman–Crippen LogP) is 0.130. The zero-order chi connectivity index (χ0) is 10.5. The molecule has 1 amide bonds. The number of carbonyl (C=O) groups is 1. The van der Waals surface area contributed by atoms with Gasteiger partial charge in [0.05, 0.1) is 12.2 Å². The molecule has 0 aromatic carbocycles. The van der Waals surface area contributed by atoms with Crippen molar-refractivity contribution in [3.05, 3.63) is 42.5 Å². The van der Waals surface area contributed by atoms with E-state index in [2.05, 4.69) is 25.3 Å². The molecule has 0 spiro atoms. The van der Waals surface area contributed by atoms with Crippen molar-refractivity contribution in [3.8, 4) is 0 Å². The van der Waals surface area contributed by atoms with Crippen molar-refractivity contribution in [2.45, 2.75) is 6.54 Å². The van der Waals surface area contributed by atoms with E-state index in [9.17, 15) is 4.79 Å². The second kappa shape index (κ2) is 4.32. The van der Waals surface area contributed by atoms with Crippen molar-refractivity contribution < 1.29 is 4.79 Å². The summed E-state index contributed by atoms with van der Waals surface area (Å²) >= 11 is 0. The summed E-state index contributed by atoms with van der Waals surface area (Å²) in [7, 11) is 0. The maximum Gasteiger partial charge on any atom is 0.287 e. The van der Waals surface area contributed by atoms with E-state index in [1.54, 1.807) is 18.5 Å². The zero-order valence-corrected chi connectivity index (χ0v) is 7.84. The fourth-order valence-corrected chi connectivity index (χ4v) is 1.07. The molecule has 2 N–H and O–H groups in total. The second-order valence-electron chi connectivity index (χ2n) is 2.82. The quantitative estimate of drug-likeness (QED) is 0.742. The molecule has 0 radical (unpaired) electrons. The molecule has 0 atom stereocenters. The third-order valence-corrected chi connectivity index (χ3v) is 1.79. The highest BCUT2D eigenvalue weighted by Gasteiger charge is 2.06. The highest BCUT2D eigenvalue weighted by atomic mass is 16.2. The lowest BCUT2D eigenvalue weighted by molar-refractivity contribution is 0.0941. The first-order valence-corrected chi connectivity index (χ1v) is 4.39. The molecule has 0 fully saturated rings. The van der Waals surface area contributed by atoms with Crippen molar-refractivity contribution in [1.29, 1.82) is 0 Å². The number of aromatic nitrogens is 4. The van der Waals surface area contributed by atoms with Crippen molar-refractivity contribution in [2.75, 3.05) is 0 Å². The summed E-state index contributed by atoms with van der Waals surface area (Å²) in [5, 5.41) is 2.68. The van der Waals surface area contributed by atoms with Gasteiger partial charge in [-0.3, -0.25) is 4.79 Å². The van der Waals surface area contributed by atoms with E-state index < -0.39 is 0 Å². The van der Waals surface area contributed by atoms with Gasteiger partial charge in [-0.15, -0.1) is 0 Å². The average molecular weight is 203 g/mol. The van der Waals surface area contributed by atoms with Crippen LogP contribution >= 0.6 is 0 Å². The number of aromatic amines is 1. The van der Waals surface area contributed by atoms with Crippen molar-refractivity contribution in [1.82, 2.24) is 25.3 Å². The van der Waals surface area contributed by atoms with Gasteiger partial charge < -0.3 is 10.3 Å². The molecule has 2 rings (SSSR count). The van der Waals surface area contributed by atoms with E-state index in [1.165, 1.54) is 12.5 Å². The van der Waals surface area contributed by atoms with Crippen molar-refractivity contribution in [2.24, 2.45) is 0 Å². The Morgan fingerprint density at radius 1 is 1.40 bits per heavy atom. The predicted molar refractivity (Wildman–Crippen MR) is 51.8 cm³/mol. The van der Waals surface area contributed by atoms with Crippen molar-refractivity contribution >= 4 is 5.91 Å². The molecule has 0 aliphatic carbocycles. The molecule has 2 aromatic rings. The number of amides is 1. The minimum Gasteiger partial charge on any atom is -0.344 e. The number of rotatable bonds is 3. The second-order valence-corrected chi connectivity index (χ2v) is 2.82. The van der Waals surface area contributed by atoms with Crippen LogP contribution in [0.4, 0.5) is 0 Å². The number of nitrogens with one attached hydrogen (secondary N) is 2. The van der Waals surface area contributed by atoms with Crippen LogP contribution in [0.1, 0.15) is 16.3 Å². The maximum absolute atomic E-state index is 11.4. The monoisotopic (exact) mass is 203 g/mol. The van der Waals surface area contributed by atoms with Crippen molar-refractivity contribution in [3.63, 3.8) is 0 Å². The van der Waals surface area contributed by atoms with Crippen LogP contribution in [0.15, 0.2) is 31.0 Å². The van der Waals surface area contributed by atoms with E-state index in [0.29, 0.717) is 12.4 Å². The van der Waals surface area contributed by atoms with Gasteiger partial charge in [0.1, 0.15) is 6.33 Å². The van der Waals surface area contributed by atoms with Gasteiger partial charge in [0.25, 0.3) is 5.91 Å². The first-order chi connectivity index (χ1) is 7.36. The van der Waals surface area contributed by atoms with Gasteiger partial charge in [0, 0.05) is 18.6 Å². The van der Waals surface area contributed by atoms with Crippen LogP contribution < -0.4 is 5.32 Å². The lowest BCUT2D eigenvalue weighted by atomic mass is 10.4. The van der Waals surface area contributed by atoms with Crippen LogP contribution in [0, 0.1) is 0 Å². The Labute approximate surface area is 85.8 Å². The molecule has 6 heteroatoms. The maximum atomic E-state index is 11.4. The number of carbonyl (C=O) groups excluding carboxylic acids is 1. The molecule has 2 aromatic heterocycles. The molecule has 0 unspecified atom stereocenters. The first-order valence-electron chi connectivity index (χ1n) is 4.39. The molecule has 2 heterocycles. The summed E-state index contributed by atoms with van der Waals surface area (Å²) in [6, 6.07) is 1.74. The minimum atomic E-state index is -0.251. The van der Waals surface area contributed by atoms with Gasteiger partial charge in [-0.25, -0.2) is 15.0 Å². The van der Waals surface area contributed by atoms with E-state index in [1.807, 2.05) is 0 Å². The summed E-state index contributed by atoms with van der Waals surface area (Å²) in [5.74, 6) is 0.0441. The molecule has 0 saturated heterocycles. The molecular formula is C9H9N5O. The fraction of sp³-hybridized carbons (Fsp3) is 0.111. The molecular weight excluding hydrogens is 194 g/mol. The van der Waals surface area contributed by atoms with E-state index in [0.717, 1.165) is 5.69 Å². The Morgan fingerprint density at radius 3 is 3.00 bits per heavy atom. The Kier molecular flexibility index (Phi) is 2.68. The number of hydrogen-bond donors (Lipinski definition) is 2. The Balaban J connectivity index is 1.92. The van der Waals surface area contributed by atoms with Gasteiger partial charge in [0.15, 0.2) is 5.82 Å². The molecule has 15 heavy (non-hydrogen) atoms. The van der Waals surface area contributed by atoms with Crippen LogP contribution in [0.2, 0.25) is 0 Å². The summed E-state index contributed by atoms with van der Waals surface area (Å²) in [6.07, 6.45) is 6.19. The SMILES string of the molecule is O=C(NCc1ccncn1)c1ncc[nH]1. The van der Waals surface area contributed by atoms with Crippen LogP contribution in [0.25, 0.3) is 0 Å². The summed E-state index contributed by atoms with van der Waals surface area (Å²) in [5.41, 5.74) is 0.755. The number of nitrogens with zero attached hydrogens (tertiary/aromatic N) is 3. The molecule has 0 aliphatic rings. The molecule has 0 saturated carbocycles. The zero-order valence-electron chi connectivity index (χ0n) is 7.84. The fourth-order valence-electron chi connectivity index (χ4n) is 1.07. The Morgan fingerprint density at radius 2 is 2.33 bits per heavy atom. The topological polar surface area (TPSA) is 83.6 Å². The van der Waals surface area contributed by atoms with Crippen LogP contribution in [-0.4, -0.2) is 25.8 Å². The number of hydrogen-bond acceptors (Lipinski definition) is 4. The first kappa shape index (κ1) is 9.32. The Bertz CT molecular complexity index is 425. The average Bonchev–Trinajstić information content (AvgIpc) is 2.81. The van der Waals surface area contributed by atoms with Gasteiger partial charge in [-0.05, 0) is 6.07 Å². The standard InChI is InChI=1S/C9H9N5O/c15-9(8-11-3-4-12-8)13-5-7-1-2-10-6-14-7/h1-4,6H,5H2,(H,11,12)(H,13,15).